The van der Waals surface area contributed by atoms with Gasteiger partial charge in [0, 0.05) is 0 Å². The fourth-order valence-electron chi connectivity index (χ4n) is 3.47. The highest BCUT2D eigenvalue weighted by molar-refractivity contribution is 5.21. The first-order valence-corrected chi connectivity index (χ1v) is 5.52. The van der Waals surface area contributed by atoms with Crippen LogP contribution in [0.15, 0.2) is 11.6 Å². The lowest BCUT2D eigenvalue weighted by atomic mass is 9.66. The molecule has 0 aromatic heterocycles. The van der Waals surface area contributed by atoms with Gasteiger partial charge >= 0.3 is 0 Å². The van der Waals surface area contributed by atoms with Crippen molar-refractivity contribution in [3.05, 3.63) is 11.6 Å². The second-order valence-electron chi connectivity index (χ2n) is 4.84. The third-order valence-corrected chi connectivity index (χ3v) is 4.29. The van der Waals surface area contributed by atoms with Crippen LogP contribution in [0.4, 0.5) is 0 Å². The van der Waals surface area contributed by atoms with Crippen molar-refractivity contribution in [3.63, 3.8) is 0 Å². The second-order valence-corrected chi connectivity index (χ2v) is 4.84. The Labute approximate surface area is 80.8 Å². The van der Waals surface area contributed by atoms with E-state index >= 15 is 0 Å². The van der Waals surface area contributed by atoms with Crippen LogP contribution in [0.2, 0.25) is 0 Å². The summed E-state index contributed by atoms with van der Waals surface area (Å²) < 4.78 is 0. The average Bonchev–Trinajstić information content (AvgIpc) is 2.43. The predicted molar refractivity (Wildman–Crippen MR) is 54.4 cm³/mol. The zero-order chi connectivity index (χ0) is 9.47. The van der Waals surface area contributed by atoms with Gasteiger partial charge in [0.15, 0.2) is 0 Å². The van der Waals surface area contributed by atoms with Gasteiger partial charge in [-0.3, -0.25) is 0 Å². The maximum Gasteiger partial charge on any atom is 0.0576 e. The van der Waals surface area contributed by atoms with E-state index in [1.165, 1.54) is 25.7 Å². The summed E-state index contributed by atoms with van der Waals surface area (Å²) in [4.78, 5) is 0. The fourth-order valence-corrected chi connectivity index (χ4v) is 3.47. The molecule has 0 spiro atoms. The van der Waals surface area contributed by atoms with Crippen LogP contribution in [0, 0.1) is 11.3 Å². The lowest BCUT2D eigenvalue weighted by Crippen LogP contribution is -2.37. The molecular weight excluding hydrogens is 160 g/mol. The fraction of sp³-hybridized carbons (Fsp3) is 0.833. The highest BCUT2D eigenvalue weighted by Gasteiger charge is 2.47. The van der Waals surface area contributed by atoms with E-state index in [9.17, 15) is 5.11 Å². The molecular formula is C12H20O. The van der Waals surface area contributed by atoms with E-state index in [0.29, 0.717) is 11.3 Å². The number of allylic oxidation sites excluding steroid dienone is 2. The molecule has 0 heterocycles. The van der Waals surface area contributed by atoms with E-state index in [1.54, 1.807) is 5.57 Å². The van der Waals surface area contributed by atoms with E-state index < -0.39 is 0 Å². The summed E-state index contributed by atoms with van der Waals surface area (Å²) in [5, 5.41) is 9.93. The number of aliphatic hydroxyl groups excluding tert-OH is 1. The molecule has 1 nitrogen and oxygen atoms in total. The molecule has 2 rings (SSSR count). The molecule has 0 radical (unpaired) electrons. The van der Waals surface area contributed by atoms with Crippen LogP contribution in [0.5, 0.6) is 0 Å². The Morgan fingerprint density at radius 2 is 2.23 bits per heavy atom. The van der Waals surface area contributed by atoms with Crippen molar-refractivity contribution < 1.29 is 5.11 Å². The van der Waals surface area contributed by atoms with Crippen LogP contribution < -0.4 is 0 Å². The maximum atomic E-state index is 9.93. The highest BCUT2D eigenvalue weighted by atomic mass is 16.3. The van der Waals surface area contributed by atoms with Crippen LogP contribution >= 0.6 is 0 Å². The Morgan fingerprint density at radius 1 is 1.46 bits per heavy atom. The average molecular weight is 180 g/mol. The van der Waals surface area contributed by atoms with E-state index in [0.717, 1.165) is 6.42 Å². The Bertz CT molecular complexity index is 231. The molecule has 13 heavy (non-hydrogen) atoms. The van der Waals surface area contributed by atoms with Crippen LogP contribution in [0.1, 0.15) is 46.0 Å². The van der Waals surface area contributed by atoms with Crippen molar-refractivity contribution in [1.82, 2.24) is 0 Å². The SMILES string of the molecule is C/C=C1/CCC2C(O)CCC[C@]12C. The Hall–Kier alpha value is -0.300. The molecule has 2 unspecified atom stereocenters. The van der Waals surface area contributed by atoms with Gasteiger partial charge in [-0.2, -0.15) is 0 Å². The first-order chi connectivity index (χ1) is 6.18. The van der Waals surface area contributed by atoms with Crippen LogP contribution in [0.25, 0.3) is 0 Å². The largest absolute Gasteiger partial charge is 0.393 e. The minimum atomic E-state index is -0.0313. The molecule has 0 bridgehead atoms. The number of hydrogen-bond donors (Lipinski definition) is 1. The molecule has 1 heteroatoms. The van der Waals surface area contributed by atoms with E-state index in [4.69, 9.17) is 0 Å². The van der Waals surface area contributed by atoms with Gasteiger partial charge in [0.1, 0.15) is 0 Å². The summed E-state index contributed by atoms with van der Waals surface area (Å²) in [5.41, 5.74) is 1.93. The van der Waals surface area contributed by atoms with Gasteiger partial charge in [0.25, 0.3) is 0 Å². The van der Waals surface area contributed by atoms with Crippen LogP contribution in [-0.2, 0) is 0 Å². The van der Waals surface area contributed by atoms with Crippen molar-refractivity contribution in [1.29, 1.82) is 0 Å². The van der Waals surface area contributed by atoms with Crippen LogP contribution in [-0.4, -0.2) is 11.2 Å². The van der Waals surface area contributed by atoms with E-state index in [2.05, 4.69) is 19.9 Å². The van der Waals surface area contributed by atoms with Gasteiger partial charge < -0.3 is 5.11 Å². The summed E-state index contributed by atoms with van der Waals surface area (Å²) >= 11 is 0. The molecule has 2 aliphatic carbocycles. The Balaban J connectivity index is 2.28. The zero-order valence-electron chi connectivity index (χ0n) is 8.71. The molecule has 2 aliphatic rings. The predicted octanol–water partition coefficient (Wildman–Crippen LogP) is 2.89. The molecule has 0 aromatic rings. The van der Waals surface area contributed by atoms with E-state index in [-0.39, 0.29) is 6.10 Å². The topological polar surface area (TPSA) is 20.2 Å². The second kappa shape index (κ2) is 3.13. The van der Waals surface area contributed by atoms with E-state index in [1.807, 2.05) is 0 Å². The van der Waals surface area contributed by atoms with Crippen molar-refractivity contribution in [3.8, 4) is 0 Å². The van der Waals surface area contributed by atoms with Gasteiger partial charge in [0.2, 0.25) is 0 Å². The van der Waals surface area contributed by atoms with Crippen molar-refractivity contribution in [2.24, 2.45) is 11.3 Å². The Morgan fingerprint density at radius 3 is 2.92 bits per heavy atom. The highest BCUT2D eigenvalue weighted by Crippen LogP contribution is 2.54. The number of hydrogen-bond acceptors (Lipinski definition) is 1. The van der Waals surface area contributed by atoms with Crippen LogP contribution in [0.3, 0.4) is 0 Å². The van der Waals surface area contributed by atoms with Crippen molar-refractivity contribution in [2.45, 2.75) is 52.1 Å². The van der Waals surface area contributed by atoms with Gasteiger partial charge in [-0.1, -0.05) is 18.6 Å². The molecule has 0 aliphatic heterocycles. The lowest BCUT2D eigenvalue weighted by Gasteiger charge is -2.40. The summed E-state index contributed by atoms with van der Waals surface area (Å²) in [6.45, 7) is 4.49. The third kappa shape index (κ3) is 1.25. The summed E-state index contributed by atoms with van der Waals surface area (Å²) in [5.74, 6) is 0.549. The first-order valence-electron chi connectivity index (χ1n) is 5.52. The molecule has 0 aromatic carbocycles. The van der Waals surface area contributed by atoms with Crippen molar-refractivity contribution in [2.75, 3.05) is 0 Å². The summed E-state index contributed by atoms with van der Waals surface area (Å²) in [7, 11) is 0. The molecule has 2 saturated carbocycles. The third-order valence-electron chi connectivity index (χ3n) is 4.29. The number of fused-ring (bicyclic) bond motifs is 1. The molecule has 2 fully saturated rings. The number of rotatable bonds is 0. The van der Waals surface area contributed by atoms with Gasteiger partial charge in [-0.05, 0) is 50.4 Å². The minimum Gasteiger partial charge on any atom is -0.393 e. The monoisotopic (exact) mass is 180 g/mol. The lowest BCUT2D eigenvalue weighted by molar-refractivity contribution is 0.0148. The molecule has 74 valence electrons. The minimum absolute atomic E-state index is 0.0313. The summed E-state index contributed by atoms with van der Waals surface area (Å²) in [6, 6.07) is 0. The standard InChI is InChI=1S/C12H20O/c1-3-9-6-7-10-11(13)5-4-8-12(9,10)2/h3,10-11,13H,4-8H2,1-2H3/b9-3-/t10?,11?,12-/m1/s1. The molecule has 0 saturated heterocycles. The zero-order valence-corrected chi connectivity index (χ0v) is 8.71. The van der Waals surface area contributed by atoms with Gasteiger partial charge in [-0.15, -0.1) is 0 Å². The van der Waals surface area contributed by atoms with Gasteiger partial charge in [-0.25, -0.2) is 0 Å². The van der Waals surface area contributed by atoms with Gasteiger partial charge in [0.05, 0.1) is 6.10 Å². The smallest absolute Gasteiger partial charge is 0.0576 e. The van der Waals surface area contributed by atoms with Crippen molar-refractivity contribution >= 4 is 0 Å². The number of aliphatic hydroxyl groups is 1. The maximum absolute atomic E-state index is 9.93. The molecule has 3 atom stereocenters. The Kier molecular flexibility index (Phi) is 2.23. The first kappa shape index (κ1) is 9.26. The molecule has 0 amide bonds. The quantitative estimate of drug-likeness (QED) is 0.568. The normalized spacial score (nSPS) is 48.1. The molecule has 1 N–H and O–H groups in total. The summed E-state index contributed by atoms with van der Waals surface area (Å²) in [6.07, 6.45) is 8.18.